The molecule has 0 fully saturated rings. The SMILES string of the molecule is C1=N/C2=C/C=C\COCCC(=C1)C2. The second-order valence-corrected chi connectivity index (χ2v) is 3.19. The Morgan fingerprint density at radius 3 is 3.31 bits per heavy atom. The first-order chi connectivity index (χ1) is 6.45. The molecule has 0 saturated carbocycles. The molecule has 13 heavy (non-hydrogen) atoms. The van der Waals surface area contributed by atoms with Crippen LogP contribution in [0.2, 0.25) is 0 Å². The number of dihydropyridines is 1. The van der Waals surface area contributed by atoms with Crippen LogP contribution in [-0.4, -0.2) is 19.4 Å². The van der Waals surface area contributed by atoms with Gasteiger partial charge in [-0.2, -0.15) is 0 Å². The summed E-state index contributed by atoms with van der Waals surface area (Å²) in [4.78, 5) is 4.29. The molecule has 2 heterocycles. The van der Waals surface area contributed by atoms with Gasteiger partial charge in [-0.3, -0.25) is 4.99 Å². The van der Waals surface area contributed by atoms with Gasteiger partial charge in [0.2, 0.25) is 0 Å². The van der Waals surface area contributed by atoms with Gasteiger partial charge in [0.05, 0.1) is 13.2 Å². The summed E-state index contributed by atoms with van der Waals surface area (Å²) in [5.74, 6) is 0. The van der Waals surface area contributed by atoms with Crippen molar-refractivity contribution in [2.75, 3.05) is 13.2 Å². The molecule has 0 aromatic rings. The lowest BCUT2D eigenvalue weighted by molar-refractivity contribution is 0.165. The monoisotopic (exact) mass is 175 g/mol. The maximum Gasteiger partial charge on any atom is 0.0650 e. The molecule has 0 amide bonds. The number of allylic oxidation sites excluding steroid dienone is 4. The van der Waals surface area contributed by atoms with Crippen molar-refractivity contribution in [2.24, 2.45) is 4.99 Å². The van der Waals surface area contributed by atoms with Gasteiger partial charge in [0.15, 0.2) is 0 Å². The Hall–Kier alpha value is -1.15. The van der Waals surface area contributed by atoms with E-state index >= 15 is 0 Å². The molecule has 2 aliphatic heterocycles. The second kappa shape index (κ2) is 4.19. The molecular formula is C11H13NO. The standard InChI is InChI=1S/C11H13NO/c1-2-7-13-8-5-10-4-6-12-11(3-1)9-10/h1-4,6H,5,7-9H2/b2-1-,11-3+. The highest BCUT2D eigenvalue weighted by Crippen LogP contribution is 2.19. The molecule has 68 valence electrons. The average Bonchev–Trinajstić information content (AvgIpc) is 2.17. The van der Waals surface area contributed by atoms with Gasteiger partial charge in [0.25, 0.3) is 0 Å². The van der Waals surface area contributed by atoms with E-state index in [2.05, 4.69) is 17.1 Å². The minimum absolute atomic E-state index is 0.709. The van der Waals surface area contributed by atoms with Crippen LogP contribution in [0.25, 0.3) is 0 Å². The Morgan fingerprint density at radius 2 is 2.31 bits per heavy atom. The van der Waals surface area contributed by atoms with Crippen molar-refractivity contribution in [3.05, 3.63) is 35.6 Å². The molecule has 0 spiro atoms. The smallest absolute Gasteiger partial charge is 0.0650 e. The van der Waals surface area contributed by atoms with Crippen LogP contribution in [-0.2, 0) is 4.74 Å². The van der Waals surface area contributed by atoms with Crippen LogP contribution in [0.5, 0.6) is 0 Å². The molecule has 0 aromatic carbocycles. The van der Waals surface area contributed by atoms with Gasteiger partial charge in [-0.1, -0.05) is 17.7 Å². The molecule has 0 N–H and O–H groups in total. The van der Waals surface area contributed by atoms with Crippen LogP contribution in [0.15, 0.2) is 40.6 Å². The van der Waals surface area contributed by atoms with Crippen molar-refractivity contribution in [1.82, 2.24) is 0 Å². The summed E-state index contributed by atoms with van der Waals surface area (Å²) in [6.07, 6.45) is 12.1. The lowest BCUT2D eigenvalue weighted by Crippen LogP contribution is -2.01. The highest BCUT2D eigenvalue weighted by molar-refractivity contribution is 5.75. The van der Waals surface area contributed by atoms with E-state index in [0.717, 1.165) is 25.1 Å². The normalized spacial score (nSPS) is 28.6. The number of rotatable bonds is 0. The molecule has 0 radical (unpaired) electrons. The summed E-state index contributed by atoms with van der Waals surface area (Å²) in [5.41, 5.74) is 2.56. The van der Waals surface area contributed by atoms with Crippen molar-refractivity contribution in [1.29, 1.82) is 0 Å². The summed E-state index contributed by atoms with van der Waals surface area (Å²) >= 11 is 0. The zero-order chi connectivity index (χ0) is 8.93. The lowest BCUT2D eigenvalue weighted by Gasteiger charge is -2.11. The molecule has 0 aromatic heterocycles. The first-order valence-electron chi connectivity index (χ1n) is 4.61. The third-order valence-corrected chi connectivity index (χ3v) is 2.17. The third kappa shape index (κ3) is 2.39. The first-order valence-corrected chi connectivity index (χ1v) is 4.61. The van der Waals surface area contributed by atoms with E-state index in [1.165, 1.54) is 5.57 Å². The van der Waals surface area contributed by atoms with Crippen LogP contribution in [0.1, 0.15) is 12.8 Å². The Kier molecular flexibility index (Phi) is 2.72. The van der Waals surface area contributed by atoms with Crippen molar-refractivity contribution in [3.8, 4) is 0 Å². The van der Waals surface area contributed by atoms with Crippen molar-refractivity contribution in [3.63, 3.8) is 0 Å². The Balaban J connectivity index is 2.17. The summed E-state index contributed by atoms with van der Waals surface area (Å²) in [7, 11) is 0. The quantitative estimate of drug-likeness (QED) is 0.553. The average molecular weight is 175 g/mol. The predicted molar refractivity (Wildman–Crippen MR) is 53.9 cm³/mol. The van der Waals surface area contributed by atoms with Gasteiger partial charge < -0.3 is 4.74 Å². The van der Waals surface area contributed by atoms with E-state index in [4.69, 9.17) is 4.74 Å². The summed E-state index contributed by atoms with van der Waals surface area (Å²) in [6.45, 7) is 1.53. The molecule has 2 bridgehead atoms. The molecule has 0 aliphatic carbocycles. The molecule has 0 atom stereocenters. The second-order valence-electron chi connectivity index (χ2n) is 3.19. The third-order valence-electron chi connectivity index (χ3n) is 2.17. The number of ether oxygens (including phenoxy) is 1. The minimum Gasteiger partial charge on any atom is -0.377 e. The Bertz CT molecular complexity index is 297. The maximum absolute atomic E-state index is 5.40. The minimum atomic E-state index is 0.709. The first kappa shape index (κ1) is 8.45. The van der Waals surface area contributed by atoms with Gasteiger partial charge in [-0.15, -0.1) is 0 Å². The highest BCUT2D eigenvalue weighted by Gasteiger charge is 2.05. The zero-order valence-corrected chi connectivity index (χ0v) is 7.57. The van der Waals surface area contributed by atoms with E-state index in [1.807, 2.05) is 18.4 Å². The van der Waals surface area contributed by atoms with E-state index in [9.17, 15) is 0 Å². The van der Waals surface area contributed by atoms with Gasteiger partial charge in [-0.25, -0.2) is 0 Å². The summed E-state index contributed by atoms with van der Waals surface area (Å²) < 4.78 is 5.40. The summed E-state index contributed by atoms with van der Waals surface area (Å²) in [5, 5.41) is 0. The molecular weight excluding hydrogens is 162 g/mol. The number of aliphatic imine (C=N–C) groups is 1. The predicted octanol–water partition coefficient (Wildman–Crippen LogP) is 2.25. The fraction of sp³-hybridized carbons (Fsp3) is 0.364. The van der Waals surface area contributed by atoms with Crippen LogP contribution in [0.3, 0.4) is 0 Å². The lowest BCUT2D eigenvalue weighted by atomic mass is 10.0. The molecule has 0 saturated heterocycles. The van der Waals surface area contributed by atoms with Crippen LogP contribution in [0.4, 0.5) is 0 Å². The largest absolute Gasteiger partial charge is 0.377 e. The fourth-order valence-electron chi connectivity index (χ4n) is 1.44. The molecule has 2 heteroatoms. The number of nitrogens with zero attached hydrogens (tertiary/aromatic N) is 1. The summed E-state index contributed by atoms with van der Waals surface area (Å²) in [6, 6.07) is 0. The van der Waals surface area contributed by atoms with E-state index in [-0.39, 0.29) is 0 Å². The van der Waals surface area contributed by atoms with Gasteiger partial charge in [0.1, 0.15) is 0 Å². The zero-order valence-electron chi connectivity index (χ0n) is 7.57. The van der Waals surface area contributed by atoms with E-state index in [1.54, 1.807) is 0 Å². The van der Waals surface area contributed by atoms with Gasteiger partial charge >= 0.3 is 0 Å². The van der Waals surface area contributed by atoms with Crippen molar-refractivity contribution >= 4 is 6.21 Å². The topological polar surface area (TPSA) is 21.6 Å². The van der Waals surface area contributed by atoms with Crippen LogP contribution < -0.4 is 0 Å². The maximum atomic E-state index is 5.40. The molecule has 2 rings (SSSR count). The van der Waals surface area contributed by atoms with Gasteiger partial charge in [-0.05, 0) is 18.6 Å². The number of hydrogen-bond donors (Lipinski definition) is 0. The van der Waals surface area contributed by atoms with Gasteiger partial charge in [0, 0.05) is 18.3 Å². The van der Waals surface area contributed by atoms with Crippen LogP contribution >= 0.6 is 0 Å². The molecule has 2 nitrogen and oxygen atoms in total. The fourth-order valence-corrected chi connectivity index (χ4v) is 1.44. The number of hydrogen-bond acceptors (Lipinski definition) is 2. The highest BCUT2D eigenvalue weighted by atomic mass is 16.5. The van der Waals surface area contributed by atoms with E-state index in [0.29, 0.717) is 6.61 Å². The van der Waals surface area contributed by atoms with Crippen molar-refractivity contribution < 1.29 is 4.74 Å². The van der Waals surface area contributed by atoms with Crippen LogP contribution in [0, 0.1) is 0 Å². The molecule has 0 unspecified atom stereocenters. The number of fused-ring (bicyclic) bond motifs is 2. The molecule has 2 aliphatic rings. The Labute approximate surface area is 78.3 Å². The Morgan fingerprint density at radius 1 is 1.31 bits per heavy atom. The van der Waals surface area contributed by atoms with E-state index < -0.39 is 0 Å². The van der Waals surface area contributed by atoms with Crippen molar-refractivity contribution in [2.45, 2.75) is 12.8 Å².